The van der Waals surface area contributed by atoms with Crippen molar-refractivity contribution in [1.82, 2.24) is 9.78 Å². The van der Waals surface area contributed by atoms with Gasteiger partial charge in [-0.25, -0.2) is 0 Å². The Morgan fingerprint density at radius 3 is 2.56 bits per heavy atom. The molecule has 0 radical (unpaired) electrons. The summed E-state index contributed by atoms with van der Waals surface area (Å²) in [4.78, 5) is 0. The third-order valence-electron chi connectivity index (χ3n) is 4.37. The summed E-state index contributed by atoms with van der Waals surface area (Å²) in [5.41, 5.74) is 0.0503. The van der Waals surface area contributed by atoms with Crippen molar-refractivity contribution in [2.75, 3.05) is 7.11 Å². The third kappa shape index (κ3) is 2.26. The van der Waals surface area contributed by atoms with Gasteiger partial charge in [-0.3, -0.25) is 4.68 Å². The van der Waals surface area contributed by atoms with Crippen LogP contribution in [0.3, 0.4) is 0 Å². The average Bonchev–Trinajstić information content (AvgIpc) is 2.71. The van der Waals surface area contributed by atoms with Crippen LogP contribution in [0.25, 0.3) is 0 Å². The van der Waals surface area contributed by atoms with Crippen molar-refractivity contribution in [3.05, 3.63) is 11.9 Å². The van der Waals surface area contributed by atoms with Crippen LogP contribution in [0.2, 0.25) is 0 Å². The second-order valence-electron chi connectivity index (χ2n) is 5.80. The van der Waals surface area contributed by atoms with Crippen molar-refractivity contribution < 1.29 is 9.84 Å². The monoisotopic (exact) mass is 252 g/mol. The molecule has 4 nitrogen and oxygen atoms in total. The summed E-state index contributed by atoms with van der Waals surface area (Å²) < 4.78 is 7.06. The van der Waals surface area contributed by atoms with E-state index in [0.29, 0.717) is 11.7 Å². The van der Waals surface area contributed by atoms with Gasteiger partial charge in [0.15, 0.2) is 5.75 Å². The van der Waals surface area contributed by atoms with E-state index in [2.05, 4.69) is 18.9 Å². The Hall–Kier alpha value is -1.03. The first-order chi connectivity index (χ1) is 8.48. The molecule has 1 fully saturated rings. The van der Waals surface area contributed by atoms with Crippen LogP contribution < -0.4 is 4.74 Å². The molecule has 18 heavy (non-hydrogen) atoms. The number of hydrogen-bond acceptors (Lipinski definition) is 3. The normalized spacial score (nSPS) is 28.7. The lowest BCUT2D eigenvalue weighted by atomic mass is 9.73. The smallest absolute Gasteiger partial charge is 0.162 e. The van der Waals surface area contributed by atoms with Crippen LogP contribution >= 0.6 is 0 Å². The highest BCUT2D eigenvalue weighted by atomic mass is 16.5. The molecule has 1 N–H and O–H groups in total. The minimum absolute atomic E-state index is 0.697. The van der Waals surface area contributed by atoms with Gasteiger partial charge in [0, 0.05) is 7.05 Å². The Bertz CT molecular complexity index is 404. The van der Waals surface area contributed by atoms with Crippen molar-refractivity contribution in [2.45, 2.75) is 45.1 Å². The Morgan fingerprint density at radius 1 is 1.44 bits per heavy atom. The van der Waals surface area contributed by atoms with Crippen LogP contribution in [0, 0.1) is 11.8 Å². The fourth-order valence-electron chi connectivity index (χ4n) is 3.12. The third-order valence-corrected chi connectivity index (χ3v) is 4.37. The molecule has 0 spiro atoms. The Labute approximate surface area is 109 Å². The summed E-state index contributed by atoms with van der Waals surface area (Å²) in [5.74, 6) is 2.12. The van der Waals surface area contributed by atoms with Crippen LogP contribution in [-0.4, -0.2) is 22.0 Å². The van der Waals surface area contributed by atoms with E-state index >= 15 is 0 Å². The molecule has 1 aliphatic carbocycles. The highest BCUT2D eigenvalue weighted by Crippen LogP contribution is 2.44. The number of aromatic nitrogens is 2. The highest BCUT2D eigenvalue weighted by Gasteiger charge is 2.39. The highest BCUT2D eigenvalue weighted by molar-refractivity contribution is 5.31. The number of rotatable bonds is 3. The van der Waals surface area contributed by atoms with Crippen molar-refractivity contribution in [2.24, 2.45) is 18.9 Å². The Morgan fingerprint density at radius 2 is 2.06 bits per heavy atom. The average molecular weight is 252 g/mol. The first-order valence-electron chi connectivity index (χ1n) is 6.77. The predicted molar refractivity (Wildman–Crippen MR) is 70.5 cm³/mol. The zero-order valence-corrected chi connectivity index (χ0v) is 11.8. The lowest BCUT2D eigenvalue weighted by Crippen LogP contribution is -2.35. The molecule has 1 heterocycles. The fourth-order valence-corrected chi connectivity index (χ4v) is 3.12. The summed E-state index contributed by atoms with van der Waals surface area (Å²) in [6.45, 7) is 4.53. The molecule has 4 heteroatoms. The summed E-state index contributed by atoms with van der Waals surface area (Å²) in [6, 6.07) is 0. The quantitative estimate of drug-likeness (QED) is 0.899. The van der Waals surface area contributed by atoms with Gasteiger partial charge >= 0.3 is 0 Å². The second-order valence-corrected chi connectivity index (χ2v) is 5.80. The van der Waals surface area contributed by atoms with Gasteiger partial charge in [0.2, 0.25) is 0 Å². The van der Waals surface area contributed by atoms with Crippen LogP contribution in [-0.2, 0) is 12.6 Å². The van der Waals surface area contributed by atoms with Gasteiger partial charge in [-0.15, -0.1) is 0 Å². The van der Waals surface area contributed by atoms with Crippen molar-refractivity contribution >= 4 is 0 Å². The summed E-state index contributed by atoms with van der Waals surface area (Å²) >= 11 is 0. The number of methoxy groups -OCH3 is 1. The van der Waals surface area contributed by atoms with Gasteiger partial charge < -0.3 is 9.84 Å². The van der Waals surface area contributed by atoms with Gasteiger partial charge in [0.1, 0.15) is 11.3 Å². The van der Waals surface area contributed by atoms with Crippen LogP contribution in [0.5, 0.6) is 5.75 Å². The molecule has 0 saturated heterocycles. The van der Waals surface area contributed by atoms with Crippen molar-refractivity contribution in [1.29, 1.82) is 0 Å². The maximum absolute atomic E-state index is 10.9. The van der Waals surface area contributed by atoms with Gasteiger partial charge in [0.05, 0.1) is 13.3 Å². The molecule has 0 aliphatic heterocycles. The standard InChI is InChI=1S/C14H24N2O2/c1-10(2)11-5-7-14(17,8-6-11)13-12(18-4)9-15-16(13)3/h9-11,17H,5-8H2,1-4H3. The molecular weight excluding hydrogens is 228 g/mol. The first kappa shape index (κ1) is 13.4. The van der Waals surface area contributed by atoms with Gasteiger partial charge in [0.25, 0.3) is 0 Å². The number of aliphatic hydroxyl groups is 1. The number of ether oxygens (including phenoxy) is 1. The van der Waals surface area contributed by atoms with E-state index < -0.39 is 5.60 Å². The summed E-state index contributed by atoms with van der Waals surface area (Å²) in [5, 5.41) is 15.1. The van der Waals surface area contributed by atoms with E-state index in [1.54, 1.807) is 18.0 Å². The van der Waals surface area contributed by atoms with E-state index in [4.69, 9.17) is 4.74 Å². The number of nitrogens with zero attached hydrogens (tertiary/aromatic N) is 2. The SMILES string of the molecule is COc1cnn(C)c1C1(O)CCC(C(C)C)CC1. The Kier molecular flexibility index (Phi) is 3.66. The molecular formula is C14H24N2O2. The van der Waals surface area contributed by atoms with Gasteiger partial charge in [-0.05, 0) is 37.5 Å². The molecule has 1 saturated carbocycles. The van der Waals surface area contributed by atoms with Crippen LogP contribution in [0.15, 0.2) is 6.20 Å². The van der Waals surface area contributed by atoms with Crippen molar-refractivity contribution in [3.8, 4) is 5.75 Å². The van der Waals surface area contributed by atoms with Crippen LogP contribution in [0.1, 0.15) is 45.2 Å². The molecule has 102 valence electrons. The minimum atomic E-state index is -0.776. The maximum Gasteiger partial charge on any atom is 0.162 e. The molecule has 0 bridgehead atoms. The second kappa shape index (κ2) is 4.92. The van der Waals surface area contributed by atoms with E-state index in [9.17, 15) is 5.11 Å². The summed E-state index contributed by atoms with van der Waals surface area (Å²) in [7, 11) is 3.49. The molecule has 2 rings (SSSR count). The Balaban J connectivity index is 2.20. The van der Waals surface area contributed by atoms with E-state index in [0.717, 1.165) is 37.3 Å². The lowest BCUT2D eigenvalue weighted by molar-refractivity contribution is -0.0281. The molecule has 1 aromatic heterocycles. The van der Waals surface area contributed by atoms with Crippen molar-refractivity contribution in [3.63, 3.8) is 0 Å². The number of hydrogen-bond donors (Lipinski definition) is 1. The van der Waals surface area contributed by atoms with E-state index in [1.165, 1.54) is 0 Å². The topological polar surface area (TPSA) is 47.3 Å². The first-order valence-corrected chi connectivity index (χ1v) is 6.77. The number of aryl methyl sites for hydroxylation is 1. The maximum atomic E-state index is 10.9. The molecule has 0 aromatic carbocycles. The molecule has 1 aromatic rings. The minimum Gasteiger partial charge on any atom is -0.493 e. The lowest BCUT2D eigenvalue weighted by Gasteiger charge is -2.37. The zero-order chi connectivity index (χ0) is 13.3. The summed E-state index contributed by atoms with van der Waals surface area (Å²) in [6.07, 6.45) is 5.42. The van der Waals surface area contributed by atoms with E-state index in [1.807, 2.05) is 7.05 Å². The largest absolute Gasteiger partial charge is 0.493 e. The fraction of sp³-hybridized carbons (Fsp3) is 0.786. The molecule has 0 atom stereocenters. The predicted octanol–water partition coefficient (Wildman–Crippen LogP) is 2.46. The van der Waals surface area contributed by atoms with E-state index in [-0.39, 0.29) is 0 Å². The van der Waals surface area contributed by atoms with Crippen LogP contribution in [0.4, 0.5) is 0 Å². The molecule has 1 aliphatic rings. The molecule has 0 unspecified atom stereocenters. The zero-order valence-electron chi connectivity index (χ0n) is 11.8. The molecule has 0 amide bonds. The van der Waals surface area contributed by atoms with Gasteiger partial charge in [-0.2, -0.15) is 5.10 Å². The van der Waals surface area contributed by atoms with Gasteiger partial charge in [-0.1, -0.05) is 13.8 Å².